The summed E-state index contributed by atoms with van der Waals surface area (Å²) in [5, 5.41) is 0.777. The van der Waals surface area contributed by atoms with Crippen LogP contribution in [0.4, 0.5) is 4.79 Å². The fourth-order valence-electron chi connectivity index (χ4n) is 3.36. The summed E-state index contributed by atoms with van der Waals surface area (Å²) in [7, 11) is -3.25. The molecule has 2 aromatic carbocycles. The monoisotopic (exact) mass is 516 g/mol. The fourth-order valence-corrected chi connectivity index (χ4v) is 5.90. The summed E-state index contributed by atoms with van der Waals surface area (Å²) in [5.41, 5.74) is 1.85. The molecular formula is C22H26Cl2N2O4S2. The SMILES string of the molecule is CC(C)c1ccccc1Sc1ccc(COC(=O)N2CCN(S(C)(=O)=O)CC2)c(Cl)c1Cl. The smallest absolute Gasteiger partial charge is 0.410 e. The summed E-state index contributed by atoms with van der Waals surface area (Å²) in [6.45, 7) is 5.35. The van der Waals surface area contributed by atoms with E-state index in [1.54, 1.807) is 11.8 Å². The first kappa shape index (κ1) is 25.2. The maximum Gasteiger partial charge on any atom is 0.410 e. The molecule has 3 rings (SSSR count). The molecule has 0 saturated carbocycles. The van der Waals surface area contributed by atoms with E-state index in [2.05, 4.69) is 26.0 Å². The van der Waals surface area contributed by atoms with Gasteiger partial charge in [0.25, 0.3) is 0 Å². The minimum Gasteiger partial charge on any atom is -0.444 e. The normalized spacial score (nSPS) is 15.2. The number of halogens is 2. The Morgan fingerprint density at radius 3 is 2.31 bits per heavy atom. The van der Waals surface area contributed by atoms with Crippen LogP contribution in [0.15, 0.2) is 46.2 Å². The van der Waals surface area contributed by atoms with E-state index in [1.165, 1.54) is 14.8 Å². The van der Waals surface area contributed by atoms with E-state index in [0.29, 0.717) is 21.5 Å². The minimum atomic E-state index is -3.25. The summed E-state index contributed by atoms with van der Waals surface area (Å²) >= 11 is 14.6. The van der Waals surface area contributed by atoms with E-state index in [1.807, 2.05) is 24.3 Å². The van der Waals surface area contributed by atoms with E-state index in [0.717, 1.165) is 16.0 Å². The topological polar surface area (TPSA) is 66.9 Å². The van der Waals surface area contributed by atoms with Crippen LogP contribution in [0.1, 0.15) is 30.9 Å². The van der Waals surface area contributed by atoms with Crippen LogP contribution in [-0.4, -0.2) is 56.2 Å². The molecule has 1 fully saturated rings. The highest BCUT2D eigenvalue weighted by Crippen LogP contribution is 2.41. The molecule has 32 heavy (non-hydrogen) atoms. The average molecular weight is 518 g/mol. The summed E-state index contributed by atoms with van der Waals surface area (Å²) in [6.07, 6.45) is 0.658. The third-order valence-electron chi connectivity index (χ3n) is 5.20. The molecule has 1 aliphatic rings. The van der Waals surface area contributed by atoms with E-state index < -0.39 is 16.1 Å². The van der Waals surface area contributed by atoms with Crippen LogP contribution in [0.2, 0.25) is 10.0 Å². The van der Waals surface area contributed by atoms with Gasteiger partial charge in [-0.25, -0.2) is 13.2 Å². The fraction of sp³-hybridized carbons (Fsp3) is 0.409. The molecule has 0 aliphatic carbocycles. The lowest BCUT2D eigenvalue weighted by Crippen LogP contribution is -2.50. The highest BCUT2D eigenvalue weighted by atomic mass is 35.5. The predicted octanol–water partition coefficient (Wildman–Crippen LogP) is 5.48. The van der Waals surface area contributed by atoms with Gasteiger partial charge in [0, 0.05) is 41.5 Å². The molecule has 10 heteroatoms. The van der Waals surface area contributed by atoms with Crippen molar-refractivity contribution >= 4 is 51.1 Å². The molecule has 0 aromatic heterocycles. The van der Waals surface area contributed by atoms with Crippen LogP contribution >= 0.6 is 35.0 Å². The van der Waals surface area contributed by atoms with Gasteiger partial charge >= 0.3 is 6.09 Å². The van der Waals surface area contributed by atoms with Gasteiger partial charge in [-0.2, -0.15) is 4.31 Å². The van der Waals surface area contributed by atoms with Gasteiger partial charge in [-0.1, -0.05) is 73.1 Å². The first-order chi connectivity index (χ1) is 15.1. The molecule has 0 radical (unpaired) electrons. The molecule has 6 nitrogen and oxygen atoms in total. The standard InChI is InChI=1S/C22H26Cl2N2O4S2/c1-15(2)17-6-4-5-7-18(17)31-19-9-8-16(20(23)21(19)24)14-30-22(27)25-10-12-26(13-11-25)32(3,28)29/h4-9,15H,10-14H2,1-3H3. The maximum atomic E-state index is 12.4. The van der Waals surface area contributed by atoms with Crippen molar-refractivity contribution in [3.8, 4) is 0 Å². The molecule has 0 atom stereocenters. The third-order valence-corrected chi connectivity index (χ3v) is 8.69. The zero-order chi connectivity index (χ0) is 23.5. The Labute approximate surface area is 203 Å². The Kier molecular flexibility index (Phi) is 8.38. The van der Waals surface area contributed by atoms with Crippen molar-refractivity contribution in [2.45, 2.75) is 36.2 Å². The average Bonchev–Trinajstić information content (AvgIpc) is 2.76. The zero-order valence-corrected chi connectivity index (χ0v) is 21.3. The van der Waals surface area contributed by atoms with Crippen molar-refractivity contribution in [3.63, 3.8) is 0 Å². The van der Waals surface area contributed by atoms with Crippen LogP contribution in [0.5, 0.6) is 0 Å². The molecule has 0 spiro atoms. The summed E-state index contributed by atoms with van der Waals surface area (Å²) in [4.78, 5) is 15.8. The van der Waals surface area contributed by atoms with E-state index in [4.69, 9.17) is 27.9 Å². The Morgan fingerprint density at radius 2 is 1.69 bits per heavy atom. The lowest BCUT2D eigenvalue weighted by atomic mass is 10.0. The van der Waals surface area contributed by atoms with Gasteiger partial charge < -0.3 is 9.64 Å². The number of piperazine rings is 1. The number of benzene rings is 2. The number of hydrogen-bond donors (Lipinski definition) is 0. The van der Waals surface area contributed by atoms with Gasteiger partial charge in [0.05, 0.1) is 16.3 Å². The summed E-state index contributed by atoms with van der Waals surface area (Å²) in [5.74, 6) is 0.380. The highest BCUT2D eigenvalue weighted by Gasteiger charge is 2.27. The Hall–Kier alpha value is -1.45. The van der Waals surface area contributed by atoms with Crippen molar-refractivity contribution in [2.75, 3.05) is 32.4 Å². The molecule has 1 heterocycles. The molecule has 2 aromatic rings. The van der Waals surface area contributed by atoms with Gasteiger partial charge in [-0.15, -0.1) is 0 Å². The number of carbonyl (C=O) groups is 1. The van der Waals surface area contributed by atoms with Gasteiger partial charge in [-0.05, 0) is 23.6 Å². The Bertz CT molecular complexity index is 1090. The molecule has 1 aliphatic heterocycles. The molecule has 174 valence electrons. The number of ether oxygens (including phenoxy) is 1. The first-order valence-corrected chi connectivity index (χ1v) is 13.6. The van der Waals surface area contributed by atoms with E-state index in [-0.39, 0.29) is 32.8 Å². The highest BCUT2D eigenvalue weighted by molar-refractivity contribution is 7.99. The number of carbonyl (C=O) groups excluding carboxylic acids is 1. The second kappa shape index (κ2) is 10.7. The molecular weight excluding hydrogens is 491 g/mol. The second-order valence-corrected chi connectivity index (χ2v) is 11.7. The van der Waals surface area contributed by atoms with Crippen LogP contribution in [0.25, 0.3) is 0 Å². The van der Waals surface area contributed by atoms with Crippen LogP contribution in [0.3, 0.4) is 0 Å². The second-order valence-electron chi connectivity index (χ2n) is 7.85. The van der Waals surface area contributed by atoms with Crippen molar-refractivity contribution in [1.82, 2.24) is 9.21 Å². The van der Waals surface area contributed by atoms with E-state index >= 15 is 0 Å². The summed E-state index contributed by atoms with van der Waals surface area (Å²) in [6, 6.07) is 11.9. The van der Waals surface area contributed by atoms with Gasteiger partial charge in [0.15, 0.2) is 0 Å². The quantitative estimate of drug-likeness (QED) is 0.508. The lowest BCUT2D eigenvalue weighted by Gasteiger charge is -2.32. The number of nitrogens with zero attached hydrogens (tertiary/aromatic N) is 2. The minimum absolute atomic E-state index is 0.0167. The Morgan fingerprint density at radius 1 is 1.03 bits per heavy atom. The number of rotatable bonds is 6. The molecule has 1 amide bonds. The van der Waals surface area contributed by atoms with E-state index in [9.17, 15) is 13.2 Å². The molecule has 0 unspecified atom stereocenters. The largest absolute Gasteiger partial charge is 0.444 e. The maximum absolute atomic E-state index is 12.4. The molecule has 1 saturated heterocycles. The van der Waals surface area contributed by atoms with Crippen molar-refractivity contribution in [2.24, 2.45) is 0 Å². The van der Waals surface area contributed by atoms with Crippen LogP contribution in [0, 0.1) is 0 Å². The Balaban J connectivity index is 1.63. The molecule has 0 bridgehead atoms. The van der Waals surface area contributed by atoms with Crippen LogP contribution in [-0.2, 0) is 21.4 Å². The van der Waals surface area contributed by atoms with Crippen molar-refractivity contribution in [3.05, 3.63) is 57.6 Å². The van der Waals surface area contributed by atoms with Crippen LogP contribution < -0.4 is 0 Å². The van der Waals surface area contributed by atoms with Gasteiger partial charge in [-0.3, -0.25) is 0 Å². The van der Waals surface area contributed by atoms with Gasteiger partial charge in [0.2, 0.25) is 10.0 Å². The third kappa shape index (κ3) is 6.11. The van der Waals surface area contributed by atoms with Crippen molar-refractivity contribution < 1.29 is 17.9 Å². The zero-order valence-electron chi connectivity index (χ0n) is 18.2. The predicted molar refractivity (Wildman–Crippen MR) is 129 cm³/mol. The number of hydrogen-bond acceptors (Lipinski definition) is 5. The lowest BCUT2D eigenvalue weighted by molar-refractivity contribution is 0.0839. The number of sulfonamides is 1. The van der Waals surface area contributed by atoms with Crippen molar-refractivity contribution in [1.29, 1.82) is 0 Å². The molecule has 0 N–H and O–H groups in total. The number of amides is 1. The summed E-state index contributed by atoms with van der Waals surface area (Å²) < 4.78 is 30.0. The van der Waals surface area contributed by atoms with Gasteiger partial charge in [0.1, 0.15) is 6.61 Å². The first-order valence-electron chi connectivity index (χ1n) is 10.2.